The summed E-state index contributed by atoms with van der Waals surface area (Å²) in [7, 11) is 0. The molecule has 0 fully saturated rings. The molecule has 0 aromatic heterocycles. The van der Waals surface area contributed by atoms with Crippen LogP contribution in [0.1, 0.15) is 88.0 Å². The highest BCUT2D eigenvalue weighted by Crippen LogP contribution is 2.26. The maximum atomic E-state index is 5.84. The Morgan fingerprint density at radius 1 is 0.583 bits per heavy atom. The van der Waals surface area contributed by atoms with Crippen molar-refractivity contribution in [3.63, 3.8) is 0 Å². The SMILES string of the molecule is CC(COCCC(C)CC(C)(C)C)COCCC(C)CC(C)(C)C. The highest BCUT2D eigenvalue weighted by Gasteiger charge is 2.16. The summed E-state index contributed by atoms with van der Waals surface area (Å²) in [5.74, 6) is 1.96. The van der Waals surface area contributed by atoms with Crippen LogP contribution in [0.15, 0.2) is 0 Å². The zero-order chi connectivity index (χ0) is 18.8. The second-order valence-corrected chi connectivity index (χ2v) is 10.6. The summed E-state index contributed by atoms with van der Waals surface area (Å²) in [4.78, 5) is 0. The molecule has 0 aromatic rings. The van der Waals surface area contributed by atoms with Crippen LogP contribution >= 0.6 is 0 Å². The smallest absolute Gasteiger partial charge is 0.0513 e. The minimum absolute atomic E-state index is 0.421. The molecule has 0 aliphatic heterocycles. The van der Waals surface area contributed by atoms with Gasteiger partial charge < -0.3 is 9.47 Å². The van der Waals surface area contributed by atoms with E-state index in [1.54, 1.807) is 0 Å². The van der Waals surface area contributed by atoms with Gasteiger partial charge in [0, 0.05) is 19.1 Å². The molecule has 2 atom stereocenters. The van der Waals surface area contributed by atoms with Crippen LogP contribution in [-0.2, 0) is 9.47 Å². The predicted molar refractivity (Wildman–Crippen MR) is 107 cm³/mol. The molecular weight excluding hydrogens is 296 g/mol. The minimum atomic E-state index is 0.421. The molecule has 24 heavy (non-hydrogen) atoms. The Kier molecular flexibility index (Phi) is 11.5. The molecule has 0 radical (unpaired) electrons. The van der Waals surface area contributed by atoms with Gasteiger partial charge in [0.05, 0.1) is 13.2 Å². The summed E-state index contributed by atoms with van der Waals surface area (Å²) in [5, 5.41) is 0. The molecule has 0 saturated carbocycles. The van der Waals surface area contributed by atoms with Crippen LogP contribution in [0, 0.1) is 28.6 Å². The van der Waals surface area contributed by atoms with Gasteiger partial charge in [-0.2, -0.15) is 0 Å². The van der Waals surface area contributed by atoms with E-state index in [4.69, 9.17) is 9.47 Å². The normalized spacial score (nSPS) is 16.9. The topological polar surface area (TPSA) is 18.5 Å². The Hall–Kier alpha value is -0.0800. The summed E-state index contributed by atoms with van der Waals surface area (Å²) in [6.07, 6.45) is 4.86. The summed E-state index contributed by atoms with van der Waals surface area (Å²) >= 11 is 0. The maximum Gasteiger partial charge on any atom is 0.0513 e. The van der Waals surface area contributed by atoms with E-state index < -0.39 is 0 Å². The van der Waals surface area contributed by atoms with Crippen molar-refractivity contribution in [2.24, 2.45) is 28.6 Å². The van der Waals surface area contributed by atoms with Crippen LogP contribution in [0.3, 0.4) is 0 Å². The molecule has 0 heterocycles. The van der Waals surface area contributed by atoms with Crippen molar-refractivity contribution in [2.45, 2.75) is 88.0 Å². The van der Waals surface area contributed by atoms with Gasteiger partial charge in [0.25, 0.3) is 0 Å². The molecule has 146 valence electrons. The third kappa shape index (κ3) is 16.8. The second kappa shape index (κ2) is 11.5. The molecular formula is C22H46O2. The molecule has 0 aliphatic rings. The molecule has 0 aromatic carbocycles. The standard InChI is InChI=1S/C22H46O2/c1-18(14-21(4,5)6)10-12-23-16-20(3)17-24-13-11-19(2)15-22(7,8)9/h18-20H,10-17H2,1-9H3. The van der Waals surface area contributed by atoms with Gasteiger partial charge in [-0.1, -0.05) is 62.3 Å². The van der Waals surface area contributed by atoms with Crippen LogP contribution in [0.2, 0.25) is 0 Å². The van der Waals surface area contributed by atoms with Crippen molar-refractivity contribution in [1.29, 1.82) is 0 Å². The van der Waals surface area contributed by atoms with Crippen molar-refractivity contribution >= 4 is 0 Å². The van der Waals surface area contributed by atoms with Gasteiger partial charge in [-0.25, -0.2) is 0 Å². The number of hydrogen-bond acceptors (Lipinski definition) is 2. The molecule has 2 heteroatoms. The summed E-state index contributed by atoms with van der Waals surface area (Å²) in [5.41, 5.74) is 0.843. The largest absolute Gasteiger partial charge is 0.381 e. The Labute approximate surface area is 153 Å². The molecule has 0 rings (SSSR count). The highest BCUT2D eigenvalue weighted by atomic mass is 16.5. The number of hydrogen-bond donors (Lipinski definition) is 0. The third-order valence-electron chi connectivity index (χ3n) is 4.24. The number of rotatable bonds is 12. The third-order valence-corrected chi connectivity index (χ3v) is 4.24. The summed E-state index contributed by atoms with van der Waals surface area (Å²) < 4.78 is 11.7. The van der Waals surface area contributed by atoms with E-state index in [1.165, 1.54) is 12.8 Å². The van der Waals surface area contributed by atoms with E-state index in [1.807, 2.05) is 0 Å². The molecule has 0 saturated heterocycles. The van der Waals surface area contributed by atoms with E-state index >= 15 is 0 Å². The van der Waals surface area contributed by atoms with Crippen molar-refractivity contribution in [3.8, 4) is 0 Å². The van der Waals surface area contributed by atoms with E-state index in [0.29, 0.717) is 16.7 Å². The fourth-order valence-electron chi connectivity index (χ4n) is 3.48. The lowest BCUT2D eigenvalue weighted by molar-refractivity contribution is 0.0361. The Morgan fingerprint density at radius 3 is 1.21 bits per heavy atom. The first kappa shape index (κ1) is 23.9. The minimum Gasteiger partial charge on any atom is -0.381 e. The zero-order valence-corrected chi connectivity index (χ0v) is 18.2. The molecule has 0 aliphatic carbocycles. The first-order valence-electron chi connectivity index (χ1n) is 10.0. The van der Waals surface area contributed by atoms with Crippen LogP contribution in [-0.4, -0.2) is 26.4 Å². The molecule has 2 nitrogen and oxygen atoms in total. The molecule has 0 spiro atoms. The average molecular weight is 343 g/mol. The Balaban J connectivity index is 3.58. The molecule has 2 unspecified atom stereocenters. The van der Waals surface area contributed by atoms with Gasteiger partial charge in [-0.15, -0.1) is 0 Å². The maximum absolute atomic E-state index is 5.84. The van der Waals surface area contributed by atoms with E-state index in [2.05, 4.69) is 62.3 Å². The van der Waals surface area contributed by atoms with Crippen molar-refractivity contribution in [2.75, 3.05) is 26.4 Å². The van der Waals surface area contributed by atoms with E-state index in [9.17, 15) is 0 Å². The summed E-state index contributed by atoms with van der Waals surface area (Å²) in [6, 6.07) is 0. The van der Waals surface area contributed by atoms with Crippen LogP contribution < -0.4 is 0 Å². The van der Waals surface area contributed by atoms with Crippen molar-refractivity contribution in [3.05, 3.63) is 0 Å². The first-order chi connectivity index (χ1) is 10.9. The molecule has 0 amide bonds. The van der Waals surface area contributed by atoms with E-state index in [0.717, 1.165) is 51.1 Å². The van der Waals surface area contributed by atoms with Gasteiger partial charge >= 0.3 is 0 Å². The monoisotopic (exact) mass is 342 g/mol. The van der Waals surface area contributed by atoms with Gasteiger partial charge in [0.15, 0.2) is 0 Å². The van der Waals surface area contributed by atoms with Crippen LogP contribution in [0.25, 0.3) is 0 Å². The quantitative estimate of drug-likeness (QED) is 0.373. The Bertz CT molecular complexity index is 268. The molecule has 0 N–H and O–H groups in total. The van der Waals surface area contributed by atoms with Gasteiger partial charge in [0.1, 0.15) is 0 Å². The van der Waals surface area contributed by atoms with Crippen molar-refractivity contribution in [1.82, 2.24) is 0 Å². The summed E-state index contributed by atoms with van der Waals surface area (Å²) in [6.45, 7) is 24.2. The van der Waals surface area contributed by atoms with Crippen molar-refractivity contribution < 1.29 is 9.47 Å². The predicted octanol–water partition coefficient (Wildman–Crippen LogP) is 6.58. The van der Waals surface area contributed by atoms with Gasteiger partial charge in [-0.05, 0) is 48.3 Å². The Morgan fingerprint density at radius 2 is 0.917 bits per heavy atom. The van der Waals surface area contributed by atoms with Crippen LogP contribution in [0.4, 0.5) is 0 Å². The zero-order valence-electron chi connectivity index (χ0n) is 18.2. The first-order valence-corrected chi connectivity index (χ1v) is 10.0. The second-order valence-electron chi connectivity index (χ2n) is 10.6. The van der Waals surface area contributed by atoms with Crippen LogP contribution in [0.5, 0.6) is 0 Å². The fourth-order valence-corrected chi connectivity index (χ4v) is 3.48. The lowest BCUT2D eigenvalue weighted by Crippen LogP contribution is -2.17. The lowest BCUT2D eigenvalue weighted by Gasteiger charge is -2.23. The van der Waals surface area contributed by atoms with Gasteiger partial charge in [0.2, 0.25) is 0 Å². The number of ether oxygens (including phenoxy) is 2. The van der Waals surface area contributed by atoms with E-state index in [-0.39, 0.29) is 0 Å². The lowest BCUT2D eigenvalue weighted by atomic mass is 9.84. The average Bonchev–Trinajstić information content (AvgIpc) is 2.35. The fraction of sp³-hybridized carbons (Fsp3) is 1.00. The highest BCUT2D eigenvalue weighted by molar-refractivity contribution is 4.67. The van der Waals surface area contributed by atoms with Gasteiger partial charge in [-0.3, -0.25) is 0 Å². The molecule has 0 bridgehead atoms.